The number of aryl methyl sites for hydroxylation is 1. The SMILES string of the molecule is CN=C(NCc1ccn(C)c1)NCC(O)C1CCCCC1. The summed E-state index contributed by atoms with van der Waals surface area (Å²) in [5.41, 5.74) is 1.22. The molecule has 1 heterocycles. The second kappa shape index (κ2) is 8.08. The molecule has 5 heteroatoms. The Morgan fingerprint density at radius 1 is 1.38 bits per heavy atom. The molecule has 3 N–H and O–H groups in total. The van der Waals surface area contributed by atoms with Gasteiger partial charge < -0.3 is 20.3 Å². The second-order valence-electron chi connectivity index (χ2n) is 5.96. The van der Waals surface area contributed by atoms with Crippen molar-refractivity contribution in [2.45, 2.75) is 44.8 Å². The number of nitrogens with zero attached hydrogens (tertiary/aromatic N) is 2. The summed E-state index contributed by atoms with van der Waals surface area (Å²) < 4.78 is 2.03. The highest BCUT2D eigenvalue weighted by atomic mass is 16.3. The Morgan fingerprint density at radius 2 is 2.14 bits per heavy atom. The van der Waals surface area contributed by atoms with E-state index in [1.54, 1.807) is 7.05 Å². The van der Waals surface area contributed by atoms with Gasteiger partial charge in [0.15, 0.2) is 5.96 Å². The minimum Gasteiger partial charge on any atom is -0.391 e. The Hall–Kier alpha value is -1.49. The maximum atomic E-state index is 10.3. The molecule has 1 fully saturated rings. The molecule has 1 saturated carbocycles. The fourth-order valence-electron chi connectivity index (χ4n) is 2.96. The number of aromatic nitrogens is 1. The lowest BCUT2D eigenvalue weighted by atomic mass is 9.85. The van der Waals surface area contributed by atoms with Gasteiger partial charge in [-0.25, -0.2) is 0 Å². The number of aliphatic hydroxyl groups is 1. The van der Waals surface area contributed by atoms with Crippen LogP contribution in [-0.4, -0.2) is 35.3 Å². The summed E-state index contributed by atoms with van der Waals surface area (Å²) in [6, 6.07) is 2.08. The van der Waals surface area contributed by atoms with Crippen LogP contribution in [-0.2, 0) is 13.6 Å². The molecule has 0 amide bonds. The third-order valence-corrected chi connectivity index (χ3v) is 4.25. The molecular weight excluding hydrogens is 264 g/mol. The highest BCUT2D eigenvalue weighted by Gasteiger charge is 2.21. The van der Waals surface area contributed by atoms with E-state index in [9.17, 15) is 5.11 Å². The smallest absolute Gasteiger partial charge is 0.191 e. The van der Waals surface area contributed by atoms with Gasteiger partial charge in [-0.1, -0.05) is 19.3 Å². The number of aliphatic imine (C=N–C) groups is 1. The van der Waals surface area contributed by atoms with Crippen molar-refractivity contribution in [2.75, 3.05) is 13.6 Å². The zero-order chi connectivity index (χ0) is 15.1. The number of hydrogen-bond acceptors (Lipinski definition) is 2. The van der Waals surface area contributed by atoms with Gasteiger partial charge in [-0.15, -0.1) is 0 Å². The summed E-state index contributed by atoms with van der Waals surface area (Å²) >= 11 is 0. The van der Waals surface area contributed by atoms with E-state index in [1.807, 2.05) is 17.8 Å². The molecule has 0 spiro atoms. The molecule has 0 aromatic carbocycles. The van der Waals surface area contributed by atoms with Crippen LogP contribution in [0, 0.1) is 5.92 Å². The van der Waals surface area contributed by atoms with Crippen LogP contribution in [0.15, 0.2) is 23.5 Å². The van der Waals surface area contributed by atoms with E-state index in [0.717, 1.165) is 25.3 Å². The highest BCUT2D eigenvalue weighted by Crippen LogP contribution is 2.26. The molecule has 0 saturated heterocycles. The summed E-state index contributed by atoms with van der Waals surface area (Å²) in [5.74, 6) is 1.19. The summed E-state index contributed by atoms with van der Waals surface area (Å²) in [6.45, 7) is 1.30. The van der Waals surface area contributed by atoms with Crippen LogP contribution >= 0.6 is 0 Å². The van der Waals surface area contributed by atoms with Crippen molar-refractivity contribution in [1.29, 1.82) is 0 Å². The molecule has 1 unspecified atom stereocenters. The second-order valence-corrected chi connectivity index (χ2v) is 5.96. The first-order valence-electron chi connectivity index (χ1n) is 7.92. The Bertz CT molecular complexity index is 449. The lowest BCUT2D eigenvalue weighted by Gasteiger charge is -2.27. The molecule has 118 valence electrons. The molecule has 1 aliphatic carbocycles. The molecule has 1 atom stereocenters. The number of guanidine groups is 1. The van der Waals surface area contributed by atoms with E-state index in [0.29, 0.717) is 12.5 Å². The third kappa shape index (κ3) is 5.08. The van der Waals surface area contributed by atoms with Crippen LogP contribution in [0.5, 0.6) is 0 Å². The van der Waals surface area contributed by atoms with Gasteiger partial charge in [0, 0.05) is 39.6 Å². The molecule has 21 heavy (non-hydrogen) atoms. The van der Waals surface area contributed by atoms with Crippen LogP contribution < -0.4 is 10.6 Å². The van der Waals surface area contributed by atoms with E-state index in [-0.39, 0.29) is 6.10 Å². The van der Waals surface area contributed by atoms with Gasteiger partial charge in [-0.2, -0.15) is 0 Å². The van der Waals surface area contributed by atoms with Crippen LogP contribution in [0.3, 0.4) is 0 Å². The van der Waals surface area contributed by atoms with Crippen molar-refractivity contribution in [3.8, 4) is 0 Å². The maximum Gasteiger partial charge on any atom is 0.191 e. The summed E-state index contributed by atoms with van der Waals surface area (Å²) in [7, 11) is 3.77. The Balaban J connectivity index is 1.71. The van der Waals surface area contributed by atoms with Gasteiger partial charge >= 0.3 is 0 Å². The van der Waals surface area contributed by atoms with Crippen molar-refractivity contribution in [3.05, 3.63) is 24.0 Å². The molecule has 1 aromatic rings. The van der Waals surface area contributed by atoms with E-state index in [1.165, 1.54) is 24.8 Å². The van der Waals surface area contributed by atoms with Crippen molar-refractivity contribution < 1.29 is 5.11 Å². The number of rotatable bonds is 5. The number of nitrogens with one attached hydrogen (secondary N) is 2. The number of aliphatic hydroxyl groups excluding tert-OH is 1. The Morgan fingerprint density at radius 3 is 2.76 bits per heavy atom. The minimum absolute atomic E-state index is 0.277. The lowest BCUT2D eigenvalue weighted by molar-refractivity contribution is 0.0880. The molecule has 0 aliphatic heterocycles. The summed E-state index contributed by atoms with van der Waals surface area (Å²) in [5, 5.41) is 16.8. The summed E-state index contributed by atoms with van der Waals surface area (Å²) in [4.78, 5) is 4.20. The monoisotopic (exact) mass is 292 g/mol. The summed E-state index contributed by atoms with van der Waals surface area (Å²) in [6.07, 6.45) is 9.96. The Labute approximate surface area is 127 Å². The molecule has 0 bridgehead atoms. The standard InChI is InChI=1S/C16H28N4O/c1-17-16(18-10-13-8-9-20(2)12-13)19-11-15(21)14-6-4-3-5-7-14/h8-9,12,14-15,21H,3-7,10-11H2,1-2H3,(H2,17,18,19). The first-order valence-corrected chi connectivity index (χ1v) is 7.92. The predicted molar refractivity (Wildman–Crippen MR) is 86.2 cm³/mol. The molecule has 0 radical (unpaired) electrons. The van der Waals surface area contributed by atoms with E-state index < -0.39 is 0 Å². The third-order valence-electron chi connectivity index (χ3n) is 4.25. The van der Waals surface area contributed by atoms with Gasteiger partial charge in [0.25, 0.3) is 0 Å². The van der Waals surface area contributed by atoms with Crippen LogP contribution in [0.2, 0.25) is 0 Å². The van der Waals surface area contributed by atoms with Gasteiger partial charge in [-0.3, -0.25) is 4.99 Å². The molecule has 2 rings (SSSR count). The topological polar surface area (TPSA) is 61.6 Å². The lowest BCUT2D eigenvalue weighted by Crippen LogP contribution is -2.43. The minimum atomic E-state index is -0.277. The van der Waals surface area contributed by atoms with E-state index in [2.05, 4.69) is 27.9 Å². The van der Waals surface area contributed by atoms with Crippen molar-refractivity contribution in [3.63, 3.8) is 0 Å². The van der Waals surface area contributed by atoms with Gasteiger partial charge in [0.05, 0.1) is 6.10 Å². The van der Waals surface area contributed by atoms with Crippen LogP contribution in [0.25, 0.3) is 0 Å². The quantitative estimate of drug-likeness (QED) is 0.571. The fraction of sp³-hybridized carbons (Fsp3) is 0.688. The molecular formula is C16H28N4O. The molecule has 1 aliphatic rings. The number of hydrogen-bond donors (Lipinski definition) is 3. The molecule has 5 nitrogen and oxygen atoms in total. The fourth-order valence-corrected chi connectivity index (χ4v) is 2.96. The molecule has 1 aromatic heterocycles. The van der Waals surface area contributed by atoms with Gasteiger partial charge in [-0.05, 0) is 30.4 Å². The highest BCUT2D eigenvalue weighted by molar-refractivity contribution is 5.79. The van der Waals surface area contributed by atoms with E-state index >= 15 is 0 Å². The maximum absolute atomic E-state index is 10.3. The first-order chi connectivity index (χ1) is 10.2. The first kappa shape index (κ1) is 15.9. The van der Waals surface area contributed by atoms with Crippen LogP contribution in [0.1, 0.15) is 37.7 Å². The van der Waals surface area contributed by atoms with Gasteiger partial charge in [0.1, 0.15) is 0 Å². The van der Waals surface area contributed by atoms with E-state index in [4.69, 9.17) is 0 Å². The zero-order valence-electron chi connectivity index (χ0n) is 13.2. The predicted octanol–water partition coefficient (Wildman–Crippen LogP) is 1.63. The normalized spacial score (nSPS) is 18.5. The van der Waals surface area contributed by atoms with Crippen molar-refractivity contribution in [2.24, 2.45) is 18.0 Å². The van der Waals surface area contributed by atoms with Crippen LogP contribution in [0.4, 0.5) is 0 Å². The average molecular weight is 292 g/mol. The van der Waals surface area contributed by atoms with Gasteiger partial charge in [0.2, 0.25) is 0 Å². The Kier molecular flexibility index (Phi) is 6.11. The largest absolute Gasteiger partial charge is 0.391 e. The zero-order valence-corrected chi connectivity index (χ0v) is 13.2. The van der Waals surface area contributed by atoms with Crippen molar-refractivity contribution in [1.82, 2.24) is 15.2 Å². The average Bonchev–Trinajstić information content (AvgIpc) is 2.93. The van der Waals surface area contributed by atoms with Crippen molar-refractivity contribution >= 4 is 5.96 Å².